The highest BCUT2D eigenvalue weighted by molar-refractivity contribution is 5.87. The number of rotatable bonds is 8. The molecule has 1 N–H and O–H groups in total. The number of ether oxygens (including phenoxy) is 2. The topological polar surface area (TPSA) is 129 Å². The first-order chi connectivity index (χ1) is 12.5. The van der Waals surface area contributed by atoms with Crippen LogP contribution in [0.25, 0.3) is 0 Å². The number of hydrogen-bond acceptors (Lipinski definition) is 8. The molecular formula is C16H16N4O6. The third kappa shape index (κ3) is 4.44. The van der Waals surface area contributed by atoms with Crippen molar-refractivity contribution in [1.82, 2.24) is 0 Å². The molecule has 0 amide bonds. The summed E-state index contributed by atoms with van der Waals surface area (Å²) in [6.07, 6.45) is 1.27. The number of nitrogens with zero attached hydrogens (tertiary/aromatic N) is 3. The largest absolute Gasteiger partial charge is 0.493 e. The smallest absolute Gasteiger partial charge is 0.282 e. The minimum absolute atomic E-state index is 0.0494. The summed E-state index contributed by atoms with van der Waals surface area (Å²) < 4.78 is 10.5. The van der Waals surface area contributed by atoms with E-state index in [2.05, 4.69) is 10.5 Å². The molecule has 0 atom stereocenters. The molecule has 0 aliphatic carbocycles. The van der Waals surface area contributed by atoms with E-state index in [9.17, 15) is 20.2 Å². The lowest BCUT2D eigenvalue weighted by molar-refractivity contribution is -0.385. The number of hydrogen-bond donors (Lipinski definition) is 1. The summed E-state index contributed by atoms with van der Waals surface area (Å²) in [4.78, 5) is 20.8. The zero-order chi connectivity index (χ0) is 19.1. The van der Waals surface area contributed by atoms with E-state index in [1.165, 1.54) is 49.7 Å². The molecule has 10 nitrogen and oxygen atoms in total. The Morgan fingerprint density at radius 3 is 2.35 bits per heavy atom. The Labute approximate surface area is 148 Å². The summed E-state index contributed by atoms with van der Waals surface area (Å²) in [5.41, 5.74) is 3.12. The van der Waals surface area contributed by atoms with Crippen molar-refractivity contribution in [2.45, 2.75) is 6.92 Å². The van der Waals surface area contributed by atoms with Gasteiger partial charge in [0.2, 0.25) is 0 Å². The summed E-state index contributed by atoms with van der Waals surface area (Å²) >= 11 is 0. The Morgan fingerprint density at radius 2 is 1.81 bits per heavy atom. The Morgan fingerprint density at radius 1 is 1.12 bits per heavy atom. The number of methoxy groups -OCH3 is 1. The SMILES string of the molecule is CCOc1cc(C=NNc2ccc([N+](=O)[O-])cc2)c([N+](=O)[O-])cc1OC. The van der Waals surface area contributed by atoms with E-state index in [0.29, 0.717) is 18.0 Å². The highest BCUT2D eigenvalue weighted by Gasteiger charge is 2.18. The van der Waals surface area contributed by atoms with Crippen molar-refractivity contribution >= 4 is 23.3 Å². The van der Waals surface area contributed by atoms with Gasteiger partial charge >= 0.3 is 0 Å². The van der Waals surface area contributed by atoms with Crippen molar-refractivity contribution in [1.29, 1.82) is 0 Å². The van der Waals surface area contributed by atoms with Crippen molar-refractivity contribution in [2.75, 3.05) is 19.1 Å². The van der Waals surface area contributed by atoms with Gasteiger partial charge in [0.25, 0.3) is 11.4 Å². The molecule has 0 saturated carbocycles. The first-order valence-electron chi connectivity index (χ1n) is 7.49. The van der Waals surface area contributed by atoms with Gasteiger partial charge in [0.1, 0.15) is 0 Å². The number of nitro groups is 2. The second-order valence-electron chi connectivity index (χ2n) is 4.93. The van der Waals surface area contributed by atoms with Crippen LogP contribution in [0.1, 0.15) is 12.5 Å². The zero-order valence-electron chi connectivity index (χ0n) is 14.0. The number of anilines is 1. The first-order valence-corrected chi connectivity index (χ1v) is 7.49. The Hall–Kier alpha value is -3.69. The third-order valence-electron chi connectivity index (χ3n) is 3.28. The fourth-order valence-electron chi connectivity index (χ4n) is 2.09. The maximum absolute atomic E-state index is 11.3. The summed E-state index contributed by atoms with van der Waals surface area (Å²) in [6.45, 7) is 2.15. The third-order valence-corrected chi connectivity index (χ3v) is 3.28. The molecule has 2 rings (SSSR count). The van der Waals surface area contributed by atoms with Crippen molar-refractivity contribution < 1.29 is 19.3 Å². The number of nitrogens with one attached hydrogen (secondary N) is 1. The molecule has 0 spiro atoms. The first kappa shape index (κ1) is 18.6. The van der Waals surface area contributed by atoms with Gasteiger partial charge in [0, 0.05) is 12.1 Å². The van der Waals surface area contributed by atoms with Crippen molar-refractivity contribution in [3.8, 4) is 11.5 Å². The monoisotopic (exact) mass is 360 g/mol. The van der Waals surface area contributed by atoms with Gasteiger partial charge in [-0.25, -0.2) is 0 Å². The molecule has 0 unspecified atom stereocenters. The van der Waals surface area contributed by atoms with Crippen molar-refractivity contribution in [3.63, 3.8) is 0 Å². The van der Waals surface area contributed by atoms with Gasteiger partial charge in [0.05, 0.1) is 47.1 Å². The van der Waals surface area contributed by atoms with Crippen LogP contribution in [-0.4, -0.2) is 29.8 Å². The van der Waals surface area contributed by atoms with Gasteiger partial charge < -0.3 is 9.47 Å². The van der Waals surface area contributed by atoms with Gasteiger partial charge in [-0.05, 0) is 25.1 Å². The minimum atomic E-state index is -0.550. The number of hydrazone groups is 1. The Kier molecular flexibility index (Phi) is 6.04. The number of nitro benzene ring substituents is 2. The lowest BCUT2D eigenvalue weighted by atomic mass is 10.1. The van der Waals surface area contributed by atoms with Crippen LogP contribution in [0.3, 0.4) is 0 Å². The number of non-ortho nitro benzene ring substituents is 1. The molecule has 2 aromatic carbocycles. The standard InChI is InChI=1S/C16H16N4O6/c1-3-26-16-8-11(14(20(23)24)9-15(16)25-2)10-17-18-12-4-6-13(7-5-12)19(21)22/h4-10,18H,3H2,1-2H3. The molecule has 0 aromatic heterocycles. The Balaban J connectivity index is 2.25. The summed E-state index contributed by atoms with van der Waals surface area (Å²) in [5, 5.41) is 25.8. The van der Waals surface area contributed by atoms with E-state index >= 15 is 0 Å². The molecule has 10 heteroatoms. The molecule has 136 valence electrons. The average Bonchev–Trinajstić information content (AvgIpc) is 2.62. The predicted molar refractivity (Wildman–Crippen MR) is 95.1 cm³/mol. The minimum Gasteiger partial charge on any atom is -0.493 e. The van der Waals surface area contributed by atoms with Crippen LogP contribution in [0.2, 0.25) is 0 Å². The molecule has 26 heavy (non-hydrogen) atoms. The number of benzene rings is 2. The molecule has 2 aromatic rings. The van der Waals surface area contributed by atoms with Crippen LogP contribution in [0.15, 0.2) is 41.5 Å². The van der Waals surface area contributed by atoms with E-state index in [1.54, 1.807) is 6.92 Å². The van der Waals surface area contributed by atoms with E-state index in [-0.39, 0.29) is 22.7 Å². The molecule has 0 aliphatic heterocycles. The van der Waals surface area contributed by atoms with Crippen LogP contribution in [0.5, 0.6) is 11.5 Å². The summed E-state index contributed by atoms with van der Waals surface area (Å²) in [6, 6.07) is 8.31. The molecule has 0 bridgehead atoms. The van der Waals surface area contributed by atoms with Crippen molar-refractivity contribution in [2.24, 2.45) is 5.10 Å². The second kappa shape index (κ2) is 8.42. The maximum atomic E-state index is 11.3. The van der Waals surface area contributed by atoms with E-state index in [1.807, 2.05) is 0 Å². The van der Waals surface area contributed by atoms with E-state index in [0.717, 1.165) is 0 Å². The van der Waals surface area contributed by atoms with Crippen LogP contribution in [0, 0.1) is 20.2 Å². The van der Waals surface area contributed by atoms with Crippen LogP contribution >= 0.6 is 0 Å². The lowest BCUT2D eigenvalue weighted by Gasteiger charge is -2.10. The Bertz CT molecular complexity index is 835. The molecule has 0 heterocycles. The van der Waals surface area contributed by atoms with E-state index < -0.39 is 9.85 Å². The normalized spacial score (nSPS) is 10.5. The average molecular weight is 360 g/mol. The molecule has 0 aliphatic rings. The van der Waals surface area contributed by atoms with Crippen LogP contribution in [-0.2, 0) is 0 Å². The fourth-order valence-corrected chi connectivity index (χ4v) is 2.09. The summed E-state index contributed by atoms with van der Waals surface area (Å²) in [5.74, 6) is 0.608. The van der Waals surface area contributed by atoms with Gasteiger partial charge in [-0.2, -0.15) is 5.10 Å². The summed E-state index contributed by atoms with van der Waals surface area (Å²) in [7, 11) is 1.39. The molecule has 0 saturated heterocycles. The quantitative estimate of drug-likeness (QED) is 0.434. The maximum Gasteiger partial charge on any atom is 0.282 e. The highest BCUT2D eigenvalue weighted by Crippen LogP contribution is 2.34. The molecule has 0 fully saturated rings. The predicted octanol–water partition coefficient (Wildman–Crippen LogP) is 3.36. The van der Waals surface area contributed by atoms with Gasteiger partial charge in [-0.1, -0.05) is 0 Å². The second-order valence-corrected chi connectivity index (χ2v) is 4.93. The van der Waals surface area contributed by atoms with Crippen molar-refractivity contribution in [3.05, 3.63) is 62.2 Å². The lowest BCUT2D eigenvalue weighted by Crippen LogP contribution is -2.01. The molecular weight excluding hydrogens is 344 g/mol. The van der Waals surface area contributed by atoms with Gasteiger partial charge in [0.15, 0.2) is 11.5 Å². The van der Waals surface area contributed by atoms with E-state index in [4.69, 9.17) is 9.47 Å². The van der Waals surface area contributed by atoms with Crippen LogP contribution < -0.4 is 14.9 Å². The fraction of sp³-hybridized carbons (Fsp3) is 0.188. The van der Waals surface area contributed by atoms with Gasteiger partial charge in [-0.15, -0.1) is 0 Å². The highest BCUT2D eigenvalue weighted by atomic mass is 16.6. The van der Waals surface area contributed by atoms with Gasteiger partial charge in [-0.3, -0.25) is 25.7 Å². The molecule has 0 radical (unpaired) electrons. The van der Waals surface area contributed by atoms with Crippen LogP contribution in [0.4, 0.5) is 17.1 Å². The zero-order valence-corrected chi connectivity index (χ0v) is 14.0.